The Morgan fingerprint density at radius 3 is 2.63 bits per heavy atom. The van der Waals surface area contributed by atoms with Crippen molar-refractivity contribution in [3.63, 3.8) is 0 Å². The van der Waals surface area contributed by atoms with Gasteiger partial charge in [-0.15, -0.1) is 0 Å². The zero-order chi connectivity index (χ0) is 13.7. The molecule has 1 aliphatic rings. The van der Waals surface area contributed by atoms with Gasteiger partial charge < -0.3 is 15.3 Å². The molecule has 106 valence electrons. The van der Waals surface area contributed by atoms with Crippen molar-refractivity contribution < 1.29 is 5.11 Å². The van der Waals surface area contributed by atoms with Crippen molar-refractivity contribution >= 4 is 5.69 Å². The number of hydrogen-bond acceptors (Lipinski definition) is 3. The van der Waals surface area contributed by atoms with Gasteiger partial charge in [-0.1, -0.05) is 25.1 Å². The molecule has 0 aliphatic carbocycles. The van der Waals surface area contributed by atoms with Crippen LogP contribution in [-0.4, -0.2) is 30.3 Å². The third-order valence-electron chi connectivity index (χ3n) is 3.92. The van der Waals surface area contributed by atoms with E-state index >= 15 is 0 Å². The van der Waals surface area contributed by atoms with E-state index in [2.05, 4.69) is 41.4 Å². The first-order valence-corrected chi connectivity index (χ1v) is 7.38. The molecule has 2 N–H and O–H groups in total. The fourth-order valence-corrected chi connectivity index (χ4v) is 2.60. The van der Waals surface area contributed by atoms with Gasteiger partial charge in [-0.25, -0.2) is 0 Å². The molecule has 19 heavy (non-hydrogen) atoms. The Kier molecular flexibility index (Phi) is 4.83. The average Bonchev–Trinajstić information content (AvgIpc) is 2.40. The highest BCUT2D eigenvalue weighted by Gasteiger charge is 2.27. The lowest BCUT2D eigenvalue weighted by Crippen LogP contribution is -2.42. The van der Waals surface area contributed by atoms with E-state index < -0.39 is 5.60 Å². The highest BCUT2D eigenvalue weighted by Crippen LogP contribution is 2.28. The normalized spacial score (nSPS) is 18.6. The summed E-state index contributed by atoms with van der Waals surface area (Å²) in [5, 5.41) is 13.5. The van der Waals surface area contributed by atoms with Crippen LogP contribution < -0.4 is 10.2 Å². The molecule has 0 spiro atoms. The third kappa shape index (κ3) is 3.95. The maximum absolute atomic E-state index is 10.0. The van der Waals surface area contributed by atoms with Crippen LogP contribution in [0.1, 0.15) is 38.7 Å². The van der Waals surface area contributed by atoms with E-state index in [-0.39, 0.29) is 0 Å². The highest BCUT2D eigenvalue weighted by atomic mass is 16.3. The van der Waals surface area contributed by atoms with E-state index in [4.69, 9.17) is 0 Å². The summed E-state index contributed by atoms with van der Waals surface area (Å²) in [6.45, 7) is 8.00. The predicted molar refractivity (Wildman–Crippen MR) is 80.5 cm³/mol. The van der Waals surface area contributed by atoms with Gasteiger partial charge in [0.1, 0.15) is 0 Å². The molecule has 0 saturated carbocycles. The van der Waals surface area contributed by atoms with E-state index in [0.717, 1.165) is 45.4 Å². The molecule has 0 aromatic heterocycles. The maximum atomic E-state index is 10.0. The minimum absolute atomic E-state index is 0.480. The van der Waals surface area contributed by atoms with Crippen molar-refractivity contribution in [3.05, 3.63) is 29.8 Å². The molecular weight excluding hydrogens is 236 g/mol. The summed E-state index contributed by atoms with van der Waals surface area (Å²) >= 11 is 0. The first-order valence-electron chi connectivity index (χ1n) is 7.38. The number of para-hydroxylation sites is 1. The van der Waals surface area contributed by atoms with Gasteiger partial charge in [0.15, 0.2) is 0 Å². The second-order valence-corrected chi connectivity index (χ2v) is 5.79. The number of aliphatic hydroxyl groups is 1. The molecule has 1 saturated heterocycles. The molecule has 1 aromatic carbocycles. The topological polar surface area (TPSA) is 35.5 Å². The Morgan fingerprint density at radius 2 is 1.95 bits per heavy atom. The summed E-state index contributed by atoms with van der Waals surface area (Å²) in [4.78, 5) is 2.40. The number of benzene rings is 1. The lowest BCUT2D eigenvalue weighted by molar-refractivity contribution is 0.0351. The van der Waals surface area contributed by atoms with E-state index in [1.54, 1.807) is 0 Å². The minimum Gasteiger partial charge on any atom is -0.390 e. The molecule has 3 heteroatoms. The van der Waals surface area contributed by atoms with Crippen LogP contribution in [0, 0.1) is 0 Å². The Balaban J connectivity index is 2.03. The molecule has 0 unspecified atom stereocenters. The minimum atomic E-state index is -0.480. The molecule has 2 rings (SSSR count). The third-order valence-corrected chi connectivity index (χ3v) is 3.92. The summed E-state index contributed by atoms with van der Waals surface area (Å²) in [5.74, 6) is 0. The van der Waals surface area contributed by atoms with Gasteiger partial charge in [0.25, 0.3) is 0 Å². The molecule has 1 heterocycles. The SMILES string of the molecule is CCCNCc1ccccc1N1CCC(C)(O)CC1. The molecule has 0 atom stereocenters. The van der Waals surface area contributed by atoms with Gasteiger partial charge in [-0.05, 0) is 44.4 Å². The summed E-state index contributed by atoms with van der Waals surface area (Å²) in [7, 11) is 0. The van der Waals surface area contributed by atoms with E-state index in [9.17, 15) is 5.11 Å². The molecule has 0 amide bonds. The van der Waals surface area contributed by atoms with Crippen LogP contribution in [0.2, 0.25) is 0 Å². The van der Waals surface area contributed by atoms with Crippen molar-refractivity contribution in [2.45, 2.75) is 45.3 Å². The van der Waals surface area contributed by atoms with Crippen molar-refractivity contribution in [2.24, 2.45) is 0 Å². The number of nitrogens with zero attached hydrogens (tertiary/aromatic N) is 1. The number of anilines is 1. The van der Waals surface area contributed by atoms with E-state index in [0.29, 0.717) is 0 Å². The molecule has 0 radical (unpaired) electrons. The first kappa shape index (κ1) is 14.4. The molecule has 3 nitrogen and oxygen atoms in total. The van der Waals surface area contributed by atoms with Crippen molar-refractivity contribution in [3.8, 4) is 0 Å². The predicted octanol–water partition coefficient (Wildman–Crippen LogP) is 2.54. The zero-order valence-electron chi connectivity index (χ0n) is 12.2. The lowest BCUT2D eigenvalue weighted by Gasteiger charge is -2.38. The molecule has 1 aliphatic heterocycles. The van der Waals surface area contributed by atoms with Crippen molar-refractivity contribution in [2.75, 3.05) is 24.5 Å². The number of rotatable bonds is 5. The number of hydrogen-bond donors (Lipinski definition) is 2. The van der Waals surface area contributed by atoms with Crippen molar-refractivity contribution in [1.29, 1.82) is 0 Å². The second-order valence-electron chi connectivity index (χ2n) is 5.79. The molecule has 1 aromatic rings. The number of nitrogens with one attached hydrogen (secondary N) is 1. The van der Waals surface area contributed by atoms with Crippen LogP contribution in [0.4, 0.5) is 5.69 Å². The van der Waals surface area contributed by atoms with Crippen LogP contribution in [0.15, 0.2) is 24.3 Å². The Hall–Kier alpha value is -1.06. The number of piperidine rings is 1. The zero-order valence-corrected chi connectivity index (χ0v) is 12.2. The first-order chi connectivity index (χ1) is 9.12. The summed E-state index contributed by atoms with van der Waals surface area (Å²) in [6, 6.07) is 8.60. The van der Waals surface area contributed by atoms with E-state index in [1.165, 1.54) is 11.3 Å². The maximum Gasteiger partial charge on any atom is 0.0653 e. The Labute approximate surface area is 116 Å². The van der Waals surface area contributed by atoms with Crippen LogP contribution in [0.3, 0.4) is 0 Å². The van der Waals surface area contributed by atoms with Gasteiger partial charge in [0.2, 0.25) is 0 Å². The van der Waals surface area contributed by atoms with Gasteiger partial charge in [0, 0.05) is 25.3 Å². The fourth-order valence-electron chi connectivity index (χ4n) is 2.60. The highest BCUT2D eigenvalue weighted by molar-refractivity contribution is 5.54. The largest absolute Gasteiger partial charge is 0.390 e. The van der Waals surface area contributed by atoms with Gasteiger partial charge in [-0.3, -0.25) is 0 Å². The molecular formula is C16H26N2O. The quantitative estimate of drug-likeness (QED) is 0.801. The van der Waals surface area contributed by atoms with Gasteiger partial charge >= 0.3 is 0 Å². The Bertz CT molecular complexity index is 393. The van der Waals surface area contributed by atoms with Crippen LogP contribution in [-0.2, 0) is 6.54 Å². The molecule has 1 fully saturated rings. The lowest BCUT2D eigenvalue weighted by atomic mass is 9.93. The molecule has 0 bridgehead atoms. The van der Waals surface area contributed by atoms with Crippen LogP contribution >= 0.6 is 0 Å². The van der Waals surface area contributed by atoms with E-state index in [1.807, 2.05) is 6.92 Å². The van der Waals surface area contributed by atoms with Crippen LogP contribution in [0.25, 0.3) is 0 Å². The van der Waals surface area contributed by atoms with Crippen molar-refractivity contribution in [1.82, 2.24) is 5.32 Å². The second kappa shape index (κ2) is 6.40. The summed E-state index contributed by atoms with van der Waals surface area (Å²) in [5.41, 5.74) is 2.20. The monoisotopic (exact) mass is 262 g/mol. The standard InChI is InChI=1S/C16H26N2O/c1-3-10-17-13-14-6-4-5-7-15(14)18-11-8-16(2,19)9-12-18/h4-7,17,19H,3,8-13H2,1-2H3. The summed E-state index contributed by atoms with van der Waals surface area (Å²) in [6.07, 6.45) is 2.86. The fraction of sp³-hybridized carbons (Fsp3) is 0.625. The summed E-state index contributed by atoms with van der Waals surface area (Å²) < 4.78 is 0. The van der Waals surface area contributed by atoms with Gasteiger partial charge in [0.05, 0.1) is 5.60 Å². The van der Waals surface area contributed by atoms with Crippen LogP contribution in [0.5, 0.6) is 0 Å². The van der Waals surface area contributed by atoms with Gasteiger partial charge in [-0.2, -0.15) is 0 Å². The smallest absolute Gasteiger partial charge is 0.0653 e. The Morgan fingerprint density at radius 1 is 1.26 bits per heavy atom. The average molecular weight is 262 g/mol.